The summed E-state index contributed by atoms with van der Waals surface area (Å²) in [6.07, 6.45) is 1.77. The van der Waals surface area contributed by atoms with Crippen molar-refractivity contribution in [2.24, 2.45) is 5.92 Å². The first-order valence-electron chi connectivity index (χ1n) is 7.47. The monoisotopic (exact) mass is 397 g/mol. The van der Waals surface area contributed by atoms with Crippen LogP contribution in [0.1, 0.15) is 12.8 Å². The summed E-state index contributed by atoms with van der Waals surface area (Å²) in [4.78, 5) is -0.418. The van der Waals surface area contributed by atoms with Gasteiger partial charge in [0.1, 0.15) is 9.79 Å². The Hall–Kier alpha value is -0.710. The summed E-state index contributed by atoms with van der Waals surface area (Å²) >= 11 is 0. The number of hydrogen-bond donors (Lipinski definition) is 2. The molecular weight excluding hydrogens is 374 g/mol. The largest absolute Gasteiger partial charge is 0.316 e. The molecule has 0 radical (unpaired) electrons. The highest BCUT2D eigenvalue weighted by molar-refractivity contribution is 7.92. The SMILES string of the molecule is CN(C)S(=O)(=O)c1ccccc1S(=O)(=O)NCCC1CCNC1.Cl. The van der Waals surface area contributed by atoms with E-state index in [0.717, 1.165) is 30.2 Å². The molecule has 1 aliphatic rings. The Balaban J connectivity index is 0.00000288. The zero-order valence-corrected chi connectivity index (χ0v) is 16.2. The van der Waals surface area contributed by atoms with E-state index in [1.807, 2.05) is 0 Å². The van der Waals surface area contributed by atoms with Gasteiger partial charge in [-0.3, -0.25) is 0 Å². The summed E-state index contributed by atoms with van der Waals surface area (Å²) in [5.74, 6) is 0.457. The molecular formula is C14H24ClN3O4S2. The number of benzene rings is 1. The van der Waals surface area contributed by atoms with E-state index in [1.165, 1.54) is 38.4 Å². The molecule has 138 valence electrons. The summed E-state index contributed by atoms with van der Waals surface area (Å²) in [6.45, 7) is 2.15. The van der Waals surface area contributed by atoms with Gasteiger partial charge in [-0.15, -0.1) is 12.4 Å². The minimum Gasteiger partial charge on any atom is -0.316 e. The molecule has 2 rings (SSSR count). The molecule has 1 aromatic carbocycles. The van der Waals surface area contributed by atoms with Gasteiger partial charge in [-0.1, -0.05) is 12.1 Å². The fraction of sp³-hybridized carbons (Fsp3) is 0.571. The van der Waals surface area contributed by atoms with Crippen molar-refractivity contribution in [3.63, 3.8) is 0 Å². The van der Waals surface area contributed by atoms with Crippen LogP contribution in [0.25, 0.3) is 0 Å². The molecule has 0 amide bonds. The van der Waals surface area contributed by atoms with Crippen LogP contribution in [0.2, 0.25) is 0 Å². The van der Waals surface area contributed by atoms with Crippen LogP contribution in [0.5, 0.6) is 0 Å². The molecule has 1 saturated heterocycles. The quantitative estimate of drug-likeness (QED) is 0.703. The van der Waals surface area contributed by atoms with E-state index in [9.17, 15) is 16.8 Å². The number of nitrogens with one attached hydrogen (secondary N) is 2. The highest BCUT2D eigenvalue weighted by atomic mass is 35.5. The number of halogens is 1. The molecule has 1 aromatic rings. The fourth-order valence-electron chi connectivity index (χ4n) is 2.52. The smallest absolute Gasteiger partial charge is 0.243 e. The molecule has 1 heterocycles. The van der Waals surface area contributed by atoms with Crippen LogP contribution in [-0.4, -0.2) is 54.9 Å². The molecule has 10 heteroatoms. The number of hydrogen-bond acceptors (Lipinski definition) is 5. The van der Waals surface area contributed by atoms with Crippen molar-refractivity contribution in [3.05, 3.63) is 24.3 Å². The number of sulfonamides is 2. The van der Waals surface area contributed by atoms with Gasteiger partial charge in [-0.25, -0.2) is 25.9 Å². The minimum atomic E-state index is -3.88. The third-order valence-corrected chi connectivity index (χ3v) is 7.43. The lowest BCUT2D eigenvalue weighted by Gasteiger charge is -2.16. The van der Waals surface area contributed by atoms with Gasteiger partial charge in [-0.05, 0) is 44.0 Å². The zero-order valence-electron chi connectivity index (χ0n) is 13.7. The Morgan fingerprint density at radius 3 is 2.33 bits per heavy atom. The first-order valence-corrected chi connectivity index (χ1v) is 10.4. The molecule has 0 spiro atoms. The Morgan fingerprint density at radius 2 is 1.79 bits per heavy atom. The van der Waals surface area contributed by atoms with E-state index >= 15 is 0 Å². The van der Waals surface area contributed by atoms with Crippen LogP contribution in [0.15, 0.2) is 34.1 Å². The van der Waals surface area contributed by atoms with Crippen LogP contribution in [-0.2, 0) is 20.0 Å². The van der Waals surface area contributed by atoms with Crippen LogP contribution in [0, 0.1) is 5.92 Å². The van der Waals surface area contributed by atoms with Crippen LogP contribution >= 0.6 is 12.4 Å². The van der Waals surface area contributed by atoms with E-state index in [2.05, 4.69) is 10.0 Å². The van der Waals surface area contributed by atoms with E-state index in [-0.39, 0.29) is 22.2 Å². The van der Waals surface area contributed by atoms with Gasteiger partial charge in [0, 0.05) is 20.6 Å². The minimum absolute atomic E-state index is 0. The third-order valence-electron chi connectivity index (χ3n) is 3.90. The number of rotatable bonds is 7. The van der Waals surface area contributed by atoms with Crippen LogP contribution in [0.4, 0.5) is 0 Å². The average Bonchev–Trinajstić information content (AvgIpc) is 3.00. The summed E-state index contributed by atoms with van der Waals surface area (Å²) in [6, 6.07) is 5.66. The molecule has 7 nitrogen and oxygen atoms in total. The van der Waals surface area contributed by atoms with Crippen molar-refractivity contribution < 1.29 is 16.8 Å². The topological polar surface area (TPSA) is 95.6 Å². The second-order valence-corrected chi connectivity index (χ2v) is 9.64. The van der Waals surface area contributed by atoms with Crippen molar-refractivity contribution in [2.75, 3.05) is 33.7 Å². The Bertz CT molecular complexity index is 745. The van der Waals surface area contributed by atoms with Gasteiger partial charge in [0.15, 0.2) is 0 Å². The lowest BCUT2D eigenvalue weighted by Crippen LogP contribution is -2.30. The Labute approximate surface area is 150 Å². The maximum absolute atomic E-state index is 12.5. The molecule has 0 saturated carbocycles. The van der Waals surface area contributed by atoms with Gasteiger partial charge < -0.3 is 5.32 Å². The molecule has 1 atom stereocenters. The van der Waals surface area contributed by atoms with E-state index in [1.54, 1.807) is 0 Å². The van der Waals surface area contributed by atoms with Gasteiger partial charge >= 0.3 is 0 Å². The molecule has 0 bridgehead atoms. The van der Waals surface area contributed by atoms with Crippen LogP contribution < -0.4 is 10.0 Å². The van der Waals surface area contributed by atoms with E-state index in [0.29, 0.717) is 12.5 Å². The molecule has 0 aliphatic carbocycles. The standard InChI is InChI=1S/C14H23N3O4S2.ClH/c1-17(2)23(20,21)14-6-4-3-5-13(14)22(18,19)16-10-8-12-7-9-15-11-12;/h3-6,12,15-16H,7-11H2,1-2H3;1H. The first kappa shape index (κ1) is 21.3. The maximum Gasteiger partial charge on any atom is 0.243 e. The van der Waals surface area contributed by atoms with E-state index < -0.39 is 20.0 Å². The summed E-state index contributed by atoms with van der Waals surface area (Å²) in [5.41, 5.74) is 0. The maximum atomic E-state index is 12.5. The fourth-order valence-corrected chi connectivity index (χ4v) is 5.26. The third kappa shape index (κ3) is 4.90. The van der Waals surface area contributed by atoms with E-state index in [4.69, 9.17) is 0 Å². The molecule has 2 N–H and O–H groups in total. The molecule has 0 aromatic heterocycles. The first-order chi connectivity index (χ1) is 10.7. The van der Waals surface area contributed by atoms with Crippen molar-refractivity contribution in [1.82, 2.24) is 14.3 Å². The van der Waals surface area contributed by atoms with Gasteiger partial charge in [-0.2, -0.15) is 0 Å². The molecule has 1 fully saturated rings. The summed E-state index contributed by atoms with van der Waals surface area (Å²) in [5, 5.41) is 3.23. The van der Waals surface area contributed by atoms with Crippen molar-refractivity contribution >= 4 is 32.5 Å². The lowest BCUT2D eigenvalue weighted by atomic mass is 10.1. The zero-order chi connectivity index (χ0) is 17.1. The van der Waals surface area contributed by atoms with Crippen LogP contribution in [0.3, 0.4) is 0 Å². The summed E-state index contributed by atoms with van der Waals surface area (Å²) < 4.78 is 53.1. The van der Waals surface area contributed by atoms with Crippen molar-refractivity contribution in [1.29, 1.82) is 0 Å². The van der Waals surface area contributed by atoms with Gasteiger partial charge in [0.25, 0.3) is 0 Å². The Morgan fingerprint density at radius 1 is 1.17 bits per heavy atom. The normalized spacial score (nSPS) is 18.5. The predicted octanol–water partition coefficient (Wildman–Crippen LogP) is 0.637. The van der Waals surface area contributed by atoms with Gasteiger partial charge in [0.05, 0.1) is 0 Å². The van der Waals surface area contributed by atoms with Gasteiger partial charge in [0.2, 0.25) is 20.0 Å². The summed E-state index contributed by atoms with van der Waals surface area (Å²) in [7, 11) is -4.95. The average molecular weight is 398 g/mol. The molecule has 24 heavy (non-hydrogen) atoms. The highest BCUT2D eigenvalue weighted by Crippen LogP contribution is 2.23. The Kier molecular flexibility index (Phi) is 7.64. The second-order valence-electron chi connectivity index (χ2n) is 5.78. The second kappa shape index (κ2) is 8.59. The molecule has 1 unspecified atom stereocenters. The van der Waals surface area contributed by atoms with Crippen molar-refractivity contribution in [2.45, 2.75) is 22.6 Å². The highest BCUT2D eigenvalue weighted by Gasteiger charge is 2.27. The lowest BCUT2D eigenvalue weighted by molar-refractivity contribution is 0.511. The predicted molar refractivity (Wildman–Crippen MR) is 95.3 cm³/mol. The van der Waals surface area contributed by atoms with Crippen molar-refractivity contribution in [3.8, 4) is 0 Å². The molecule has 1 aliphatic heterocycles. The number of nitrogens with zero attached hydrogens (tertiary/aromatic N) is 1.